The van der Waals surface area contributed by atoms with Crippen LogP contribution < -0.4 is 10.1 Å². The van der Waals surface area contributed by atoms with Gasteiger partial charge in [0.2, 0.25) is 5.88 Å². The van der Waals surface area contributed by atoms with Crippen LogP contribution in [0.5, 0.6) is 11.6 Å². The number of aryl methyl sites for hydroxylation is 2. The number of benzene rings is 3. The molecule has 3 saturated heterocycles. The molecular formula is C39H38FN7O2. The lowest BCUT2D eigenvalue weighted by atomic mass is 9.79. The summed E-state index contributed by atoms with van der Waals surface area (Å²) in [5.74, 6) is 0.430. The third-order valence-corrected chi connectivity index (χ3v) is 11.1. The van der Waals surface area contributed by atoms with Crippen LogP contribution in [0.1, 0.15) is 37.3 Å². The lowest BCUT2D eigenvalue weighted by Crippen LogP contribution is -2.39. The molecule has 4 atom stereocenters. The molecule has 1 saturated carbocycles. The minimum atomic E-state index is -0.479. The number of nitriles is 1. The molecule has 0 radical (unpaired) electrons. The Balaban J connectivity index is 1.36. The second-order valence-electron chi connectivity index (χ2n) is 14.0. The van der Waals surface area contributed by atoms with E-state index in [9.17, 15) is 10.4 Å². The Morgan fingerprint density at radius 1 is 1.10 bits per heavy atom. The fourth-order valence-electron chi connectivity index (χ4n) is 8.66. The molecule has 10 heteroatoms. The van der Waals surface area contributed by atoms with E-state index < -0.39 is 5.82 Å². The molecular weight excluding hydrogens is 617 g/mol. The van der Waals surface area contributed by atoms with E-state index in [1.54, 1.807) is 16.8 Å². The number of halogens is 1. The first-order valence-corrected chi connectivity index (χ1v) is 17.2. The van der Waals surface area contributed by atoms with Gasteiger partial charge in [0.05, 0.1) is 28.7 Å². The summed E-state index contributed by atoms with van der Waals surface area (Å²) in [6.07, 6.45) is 5.77. The fourth-order valence-corrected chi connectivity index (χ4v) is 8.66. The molecule has 3 aromatic carbocycles. The van der Waals surface area contributed by atoms with Crippen LogP contribution in [0.15, 0.2) is 60.8 Å². The van der Waals surface area contributed by atoms with Crippen LogP contribution in [0, 0.1) is 23.1 Å². The van der Waals surface area contributed by atoms with Crippen molar-refractivity contribution < 1.29 is 14.2 Å². The maximum Gasteiger partial charge on any atom is 0.223 e. The highest BCUT2D eigenvalue weighted by Crippen LogP contribution is 2.50. The van der Waals surface area contributed by atoms with E-state index in [0.29, 0.717) is 52.9 Å². The number of likely N-dealkylation sites (N-methyl/N-ethyl adjacent to an activating group) is 1. The SMILES string of the molecule is CN1CCC[C@H]1COc1nc2c(F)c(-c3cc(O)cc4ccccc34)c(CCC#N)cc2c2c1cc(-c1ccn(C)n1)n2C1C2CNC1C2. The number of nitrogens with one attached hydrogen (secondary N) is 1. The van der Waals surface area contributed by atoms with Gasteiger partial charge in [-0.3, -0.25) is 4.68 Å². The first-order chi connectivity index (χ1) is 23.9. The van der Waals surface area contributed by atoms with E-state index >= 15 is 4.39 Å². The molecule has 4 aliphatic rings. The number of rotatable bonds is 8. The van der Waals surface area contributed by atoms with Gasteiger partial charge in [0, 0.05) is 49.2 Å². The summed E-state index contributed by atoms with van der Waals surface area (Å²) in [5.41, 5.74) is 4.53. The molecule has 248 valence electrons. The highest BCUT2D eigenvalue weighted by molar-refractivity contribution is 6.11. The van der Waals surface area contributed by atoms with Crippen molar-refractivity contribution in [2.45, 2.75) is 50.2 Å². The van der Waals surface area contributed by atoms with Crippen LogP contribution >= 0.6 is 0 Å². The predicted molar refractivity (Wildman–Crippen MR) is 188 cm³/mol. The minimum absolute atomic E-state index is 0.0504. The molecule has 3 unspecified atom stereocenters. The van der Waals surface area contributed by atoms with Crippen LogP contribution in [0.2, 0.25) is 0 Å². The molecule has 2 bridgehead atoms. The molecule has 3 aliphatic heterocycles. The average molecular weight is 656 g/mol. The van der Waals surface area contributed by atoms with E-state index in [0.717, 1.165) is 65.4 Å². The first-order valence-electron chi connectivity index (χ1n) is 17.2. The number of likely N-dealkylation sites (tertiary alicyclic amines) is 1. The van der Waals surface area contributed by atoms with Gasteiger partial charge < -0.3 is 24.6 Å². The quantitative estimate of drug-likeness (QED) is 0.188. The summed E-state index contributed by atoms with van der Waals surface area (Å²) in [6, 6.07) is 20.1. The summed E-state index contributed by atoms with van der Waals surface area (Å²) in [6.45, 7) is 2.41. The molecule has 0 spiro atoms. The number of hydrogen-bond acceptors (Lipinski definition) is 7. The van der Waals surface area contributed by atoms with Crippen molar-refractivity contribution in [1.29, 1.82) is 5.26 Å². The molecule has 6 aromatic rings. The smallest absolute Gasteiger partial charge is 0.223 e. The average Bonchev–Trinajstić information content (AvgIpc) is 3.93. The molecule has 49 heavy (non-hydrogen) atoms. The summed E-state index contributed by atoms with van der Waals surface area (Å²) < 4.78 is 28.4. The highest BCUT2D eigenvalue weighted by atomic mass is 19.1. The standard InChI is InChI=1S/C39H38FN7O2/c1-45-13-6-9-25(45)21-49-39-30-19-33(31-11-14-46(2)44-31)47(37-24-17-32(37)42-20-24)38(30)29-16-23(8-5-12-41)34(35(40)36(29)43-39)28-18-26(48)15-22-7-3-4-10-27(22)28/h3-4,7,10-11,14-16,18-19,24-25,32,37,42,48H,5-6,8-9,13,17,20-21H2,1-2H3/t24?,25-,32?,37?/m0/s1. The van der Waals surface area contributed by atoms with Crippen LogP contribution in [-0.4, -0.2) is 68.2 Å². The van der Waals surface area contributed by atoms with Gasteiger partial charge in [-0.2, -0.15) is 10.4 Å². The Kier molecular flexibility index (Phi) is 7.11. The highest BCUT2D eigenvalue weighted by Gasteiger charge is 2.49. The van der Waals surface area contributed by atoms with Crippen molar-refractivity contribution >= 4 is 32.6 Å². The summed E-state index contributed by atoms with van der Waals surface area (Å²) in [7, 11) is 4.03. The maximum absolute atomic E-state index is 17.6. The summed E-state index contributed by atoms with van der Waals surface area (Å²) in [4.78, 5) is 7.32. The zero-order chi connectivity index (χ0) is 33.4. The van der Waals surface area contributed by atoms with Crippen molar-refractivity contribution in [1.82, 2.24) is 29.5 Å². The van der Waals surface area contributed by atoms with Crippen LogP contribution in [0.25, 0.3) is 55.1 Å². The largest absolute Gasteiger partial charge is 0.508 e. The van der Waals surface area contributed by atoms with E-state index in [1.807, 2.05) is 49.6 Å². The number of fused-ring (bicyclic) bond motifs is 5. The molecule has 0 amide bonds. The topological polar surface area (TPSA) is 104 Å². The molecule has 1 aliphatic carbocycles. The minimum Gasteiger partial charge on any atom is -0.508 e. The van der Waals surface area contributed by atoms with Gasteiger partial charge in [-0.25, -0.2) is 9.37 Å². The normalized spacial score (nSPS) is 21.9. The van der Waals surface area contributed by atoms with Crippen LogP contribution in [0.3, 0.4) is 0 Å². The van der Waals surface area contributed by atoms with Gasteiger partial charge >= 0.3 is 0 Å². The van der Waals surface area contributed by atoms with Crippen molar-refractivity contribution in [3.8, 4) is 40.2 Å². The fraction of sp³-hybridized carbons (Fsp3) is 0.359. The van der Waals surface area contributed by atoms with Crippen molar-refractivity contribution in [2.24, 2.45) is 13.0 Å². The summed E-state index contributed by atoms with van der Waals surface area (Å²) >= 11 is 0. The maximum atomic E-state index is 17.6. The number of phenolic OH excluding ortho intramolecular Hbond substituents is 1. The zero-order valence-corrected chi connectivity index (χ0v) is 27.7. The third-order valence-electron chi connectivity index (χ3n) is 11.1. The van der Waals surface area contributed by atoms with Gasteiger partial charge in [0.25, 0.3) is 0 Å². The molecule has 6 heterocycles. The second-order valence-corrected chi connectivity index (χ2v) is 14.0. The van der Waals surface area contributed by atoms with E-state index in [4.69, 9.17) is 14.8 Å². The van der Waals surface area contributed by atoms with E-state index in [2.05, 4.69) is 34.0 Å². The Morgan fingerprint density at radius 2 is 1.98 bits per heavy atom. The Hall–Kier alpha value is -4.98. The molecule has 9 nitrogen and oxygen atoms in total. The molecule has 10 rings (SSSR count). The van der Waals surface area contributed by atoms with E-state index in [-0.39, 0.29) is 29.8 Å². The zero-order valence-electron chi connectivity index (χ0n) is 27.7. The molecule has 2 N–H and O–H groups in total. The number of ether oxygens (including phenoxy) is 1. The third kappa shape index (κ3) is 4.78. The number of hydrogen-bond donors (Lipinski definition) is 2. The predicted octanol–water partition coefficient (Wildman–Crippen LogP) is 6.72. The van der Waals surface area contributed by atoms with Gasteiger partial charge in [-0.05, 0) is 97.4 Å². The number of pyridine rings is 1. The summed E-state index contributed by atoms with van der Waals surface area (Å²) in [5, 5.41) is 32.1. The monoisotopic (exact) mass is 655 g/mol. The molecule has 4 fully saturated rings. The number of aromatic hydroxyl groups is 1. The van der Waals surface area contributed by atoms with Crippen molar-refractivity contribution in [3.63, 3.8) is 0 Å². The van der Waals surface area contributed by atoms with Gasteiger partial charge in [0.15, 0.2) is 5.82 Å². The Bertz CT molecular complexity index is 2310. The van der Waals surface area contributed by atoms with Crippen molar-refractivity contribution in [2.75, 3.05) is 26.7 Å². The van der Waals surface area contributed by atoms with Crippen molar-refractivity contribution in [3.05, 3.63) is 72.2 Å². The van der Waals surface area contributed by atoms with Gasteiger partial charge in [0.1, 0.15) is 23.6 Å². The van der Waals surface area contributed by atoms with Gasteiger partial charge in [-0.15, -0.1) is 0 Å². The molecule has 3 aromatic heterocycles. The lowest BCUT2D eigenvalue weighted by Gasteiger charge is -2.37. The second kappa shape index (κ2) is 11.6. The first kappa shape index (κ1) is 30.1. The Morgan fingerprint density at radius 3 is 2.71 bits per heavy atom. The Labute approximate surface area is 283 Å². The van der Waals surface area contributed by atoms with Crippen LogP contribution in [-0.2, 0) is 13.5 Å². The number of phenols is 1. The number of nitrogens with zero attached hydrogens (tertiary/aromatic N) is 6. The van der Waals surface area contributed by atoms with Crippen LogP contribution in [0.4, 0.5) is 4.39 Å². The lowest BCUT2D eigenvalue weighted by molar-refractivity contribution is 0.195. The van der Waals surface area contributed by atoms with E-state index in [1.165, 1.54) is 0 Å². The number of aromatic nitrogens is 4. The van der Waals surface area contributed by atoms with Gasteiger partial charge in [-0.1, -0.05) is 24.3 Å².